The first-order chi connectivity index (χ1) is 7.98. The fourth-order valence-electron chi connectivity index (χ4n) is 1.19. The maximum absolute atomic E-state index is 13.0. The van der Waals surface area contributed by atoms with Crippen LogP contribution < -0.4 is 5.73 Å². The highest BCUT2D eigenvalue weighted by Gasteiger charge is 2.62. The minimum Gasteiger partial charge on any atom is -0.506 e. The highest BCUT2D eigenvalue weighted by atomic mass is 35.5. The monoisotopic (exact) mass is 309 g/mol. The zero-order valence-electron chi connectivity index (χ0n) is 8.40. The number of rotatable bonds is 2. The summed E-state index contributed by atoms with van der Waals surface area (Å²) in [5, 5.41) is 8.66. The van der Waals surface area contributed by atoms with Crippen LogP contribution in [0.4, 0.5) is 22.0 Å². The molecule has 0 aliphatic carbocycles. The summed E-state index contributed by atoms with van der Waals surface area (Å²) in [4.78, 5) is 0. The van der Waals surface area contributed by atoms with E-state index >= 15 is 0 Å². The van der Waals surface area contributed by atoms with Crippen LogP contribution in [0.1, 0.15) is 11.6 Å². The molecule has 9 heteroatoms. The van der Waals surface area contributed by atoms with Crippen LogP contribution in [-0.2, 0) is 0 Å². The molecule has 0 fully saturated rings. The van der Waals surface area contributed by atoms with Crippen molar-refractivity contribution in [3.63, 3.8) is 0 Å². The first kappa shape index (κ1) is 15.3. The molecule has 0 heterocycles. The molecule has 0 spiro atoms. The average molecular weight is 310 g/mol. The Balaban J connectivity index is 3.31. The van der Waals surface area contributed by atoms with E-state index in [2.05, 4.69) is 0 Å². The van der Waals surface area contributed by atoms with E-state index in [1.807, 2.05) is 0 Å². The maximum Gasteiger partial charge on any atom is 0.455 e. The van der Waals surface area contributed by atoms with Crippen LogP contribution >= 0.6 is 23.2 Å². The number of benzene rings is 1. The van der Waals surface area contributed by atoms with Gasteiger partial charge in [0, 0.05) is 10.6 Å². The van der Waals surface area contributed by atoms with Gasteiger partial charge in [-0.05, 0) is 12.1 Å². The zero-order chi connectivity index (χ0) is 14.3. The third-order valence-corrected chi connectivity index (χ3v) is 2.67. The van der Waals surface area contributed by atoms with Crippen LogP contribution in [0.5, 0.6) is 5.75 Å². The Hall–Kier alpha value is -0.790. The van der Waals surface area contributed by atoms with Crippen molar-refractivity contribution < 1.29 is 27.1 Å². The van der Waals surface area contributed by atoms with Gasteiger partial charge in [0.25, 0.3) is 0 Å². The van der Waals surface area contributed by atoms with Crippen LogP contribution in [0.15, 0.2) is 12.1 Å². The topological polar surface area (TPSA) is 46.2 Å². The van der Waals surface area contributed by atoms with Gasteiger partial charge in [0.15, 0.2) is 0 Å². The van der Waals surface area contributed by atoms with Gasteiger partial charge in [-0.15, -0.1) is 0 Å². The molecule has 3 N–H and O–H groups in total. The van der Waals surface area contributed by atoms with Crippen molar-refractivity contribution in [2.75, 3.05) is 0 Å². The summed E-state index contributed by atoms with van der Waals surface area (Å²) in [7, 11) is 0. The molecule has 0 amide bonds. The van der Waals surface area contributed by atoms with E-state index < -0.39 is 34.5 Å². The van der Waals surface area contributed by atoms with Gasteiger partial charge in [0.05, 0.1) is 5.02 Å². The quantitative estimate of drug-likeness (QED) is 0.814. The number of phenolic OH excluding ortho intramolecular Hbond substituents is 1. The van der Waals surface area contributed by atoms with Gasteiger partial charge < -0.3 is 10.8 Å². The van der Waals surface area contributed by atoms with E-state index in [1.54, 1.807) is 0 Å². The molecule has 0 aliphatic heterocycles. The molecule has 18 heavy (non-hydrogen) atoms. The molecule has 2 nitrogen and oxygen atoms in total. The molecule has 0 aliphatic rings. The van der Waals surface area contributed by atoms with Crippen molar-refractivity contribution >= 4 is 23.2 Å². The molecule has 1 rings (SSSR count). The van der Waals surface area contributed by atoms with Crippen molar-refractivity contribution in [3.05, 3.63) is 27.7 Å². The normalized spacial score (nSPS) is 14.7. The van der Waals surface area contributed by atoms with Gasteiger partial charge in [-0.3, -0.25) is 0 Å². The minimum atomic E-state index is -5.85. The van der Waals surface area contributed by atoms with E-state index in [1.165, 1.54) is 0 Å². The standard InChI is InChI=1S/C9H6Cl2F5NO/c10-3-1-4(6(18)5(11)2-3)7(17)8(12,13)9(14,15)16/h1-2,7,18H,17H2/t7-/m0/s1. The van der Waals surface area contributed by atoms with Crippen molar-refractivity contribution in [1.29, 1.82) is 0 Å². The smallest absolute Gasteiger partial charge is 0.455 e. The first-order valence-electron chi connectivity index (χ1n) is 4.36. The molecular formula is C9H6Cl2F5NO. The fourth-order valence-corrected chi connectivity index (χ4v) is 1.70. The maximum atomic E-state index is 13.0. The lowest BCUT2D eigenvalue weighted by Crippen LogP contribution is -2.45. The molecule has 1 atom stereocenters. The molecule has 0 unspecified atom stereocenters. The van der Waals surface area contributed by atoms with Gasteiger partial charge in [-0.1, -0.05) is 23.2 Å². The van der Waals surface area contributed by atoms with E-state index in [4.69, 9.17) is 28.9 Å². The second-order valence-corrected chi connectivity index (χ2v) is 4.27. The third kappa shape index (κ3) is 2.62. The zero-order valence-corrected chi connectivity index (χ0v) is 9.91. The summed E-state index contributed by atoms with van der Waals surface area (Å²) in [5.74, 6) is -6.18. The lowest BCUT2D eigenvalue weighted by molar-refractivity contribution is -0.291. The van der Waals surface area contributed by atoms with E-state index in [0.717, 1.165) is 6.07 Å². The van der Waals surface area contributed by atoms with E-state index in [0.29, 0.717) is 6.07 Å². The Bertz CT molecular complexity index is 463. The number of nitrogens with two attached hydrogens (primary N) is 1. The van der Waals surface area contributed by atoms with Gasteiger partial charge >= 0.3 is 12.1 Å². The van der Waals surface area contributed by atoms with Gasteiger partial charge in [0.2, 0.25) is 0 Å². The summed E-state index contributed by atoms with van der Waals surface area (Å²) in [6, 6.07) is -1.12. The molecular weight excluding hydrogens is 304 g/mol. The summed E-state index contributed by atoms with van der Waals surface area (Å²) in [6.07, 6.45) is -5.85. The van der Waals surface area contributed by atoms with Crippen LogP contribution in [0.25, 0.3) is 0 Å². The first-order valence-corrected chi connectivity index (χ1v) is 5.12. The van der Waals surface area contributed by atoms with Crippen molar-refractivity contribution in [2.45, 2.75) is 18.1 Å². The van der Waals surface area contributed by atoms with Crippen molar-refractivity contribution in [1.82, 2.24) is 0 Å². The van der Waals surface area contributed by atoms with Gasteiger partial charge in [-0.25, -0.2) is 0 Å². The number of halogens is 7. The van der Waals surface area contributed by atoms with Crippen LogP contribution in [0.3, 0.4) is 0 Å². The fraction of sp³-hybridized carbons (Fsp3) is 0.333. The van der Waals surface area contributed by atoms with E-state index in [9.17, 15) is 27.1 Å². The molecule has 102 valence electrons. The predicted octanol–water partition coefficient (Wildman–Crippen LogP) is 3.90. The molecule has 0 bridgehead atoms. The number of phenols is 1. The Kier molecular flexibility index (Phi) is 4.00. The Morgan fingerprint density at radius 2 is 1.61 bits per heavy atom. The van der Waals surface area contributed by atoms with E-state index in [-0.39, 0.29) is 5.02 Å². The number of hydrogen-bond donors (Lipinski definition) is 2. The highest BCUT2D eigenvalue weighted by Crippen LogP contribution is 2.46. The molecule has 0 saturated carbocycles. The Morgan fingerprint density at radius 1 is 1.11 bits per heavy atom. The number of hydrogen-bond acceptors (Lipinski definition) is 2. The molecule has 0 aromatic heterocycles. The number of aromatic hydroxyl groups is 1. The molecule has 1 aromatic carbocycles. The number of alkyl halides is 5. The molecule has 0 saturated heterocycles. The van der Waals surface area contributed by atoms with Crippen molar-refractivity contribution in [2.24, 2.45) is 5.73 Å². The van der Waals surface area contributed by atoms with Crippen LogP contribution in [0.2, 0.25) is 10.0 Å². The second-order valence-electron chi connectivity index (χ2n) is 3.42. The summed E-state index contributed by atoms with van der Waals surface area (Å²) in [5.41, 5.74) is 3.97. The Morgan fingerprint density at radius 3 is 2.06 bits per heavy atom. The van der Waals surface area contributed by atoms with Gasteiger partial charge in [-0.2, -0.15) is 22.0 Å². The largest absolute Gasteiger partial charge is 0.506 e. The molecule has 0 radical (unpaired) electrons. The highest BCUT2D eigenvalue weighted by molar-refractivity contribution is 6.35. The lowest BCUT2D eigenvalue weighted by Gasteiger charge is -2.26. The summed E-state index contributed by atoms with van der Waals surface area (Å²) < 4.78 is 62.4. The lowest BCUT2D eigenvalue weighted by atomic mass is 10.00. The SMILES string of the molecule is N[C@@H](c1cc(Cl)cc(Cl)c1O)C(F)(F)C(F)(F)F. The average Bonchev–Trinajstić information content (AvgIpc) is 2.20. The van der Waals surface area contributed by atoms with Crippen molar-refractivity contribution in [3.8, 4) is 5.75 Å². The Labute approximate surface area is 108 Å². The summed E-state index contributed by atoms with van der Waals surface area (Å²) >= 11 is 10.9. The van der Waals surface area contributed by atoms with Gasteiger partial charge in [0.1, 0.15) is 11.8 Å². The minimum absolute atomic E-state index is 0.221. The van der Waals surface area contributed by atoms with Crippen LogP contribution in [0, 0.1) is 0 Å². The summed E-state index contributed by atoms with van der Waals surface area (Å²) in [6.45, 7) is 0. The van der Waals surface area contributed by atoms with Crippen LogP contribution in [-0.4, -0.2) is 17.2 Å². The molecule has 1 aromatic rings. The predicted molar refractivity (Wildman–Crippen MR) is 56.1 cm³/mol. The second kappa shape index (κ2) is 4.71. The third-order valence-electron chi connectivity index (χ3n) is 2.16.